The molecular formula is C16H14ClN5O2. The maximum Gasteiger partial charge on any atom is 0.360 e. The summed E-state index contributed by atoms with van der Waals surface area (Å²) in [5.41, 5.74) is 0.762. The molecule has 122 valence electrons. The van der Waals surface area contributed by atoms with Crippen molar-refractivity contribution >= 4 is 35.0 Å². The van der Waals surface area contributed by atoms with Crippen LogP contribution in [-0.2, 0) is 4.74 Å². The number of carbonyl (C=O) groups excluding carboxylic acids is 1. The van der Waals surface area contributed by atoms with Crippen LogP contribution in [0.4, 0.5) is 11.5 Å². The first-order valence-electron chi connectivity index (χ1n) is 6.81. The van der Waals surface area contributed by atoms with Gasteiger partial charge in [0.15, 0.2) is 11.5 Å². The molecule has 0 saturated carbocycles. The number of halogens is 1. The minimum atomic E-state index is -0.617. The monoisotopic (exact) mass is 343 g/mol. The number of rotatable bonds is 4. The number of hydrogen-bond donors (Lipinski definition) is 2. The second kappa shape index (κ2) is 8.50. The number of hydrogen-bond acceptors (Lipinski definition) is 5. The molecule has 0 atom stereocenters. The summed E-state index contributed by atoms with van der Waals surface area (Å²) in [6.45, 7) is 0.136. The van der Waals surface area contributed by atoms with E-state index in [-0.39, 0.29) is 18.1 Å². The highest BCUT2D eigenvalue weighted by molar-refractivity contribution is 6.30. The zero-order valence-corrected chi connectivity index (χ0v) is 13.5. The number of nitrogens with one attached hydrogen (secondary N) is 2. The van der Waals surface area contributed by atoms with Crippen LogP contribution in [0.5, 0.6) is 0 Å². The Morgan fingerprint density at radius 1 is 1.29 bits per heavy atom. The predicted octanol–water partition coefficient (Wildman–Crippen LogP) is 2.43. The van der Waals surface area contributed by atoms with Gasteiger partial charge in [0.1, 0.15) is 6.54 Å². The molecule has 7 nitrogen and oxygen atoms in total. The van der Waals surface area contributed by atoms with Gasteiger partial charge in [-0.25, -0.2) is 19.8 Å². The van der Waals surface area contributed by atoms with Crippen molar-refractivity contribution in [2.45, 2.75) is 0 Å². The van der Waals surface area contributed by atoms with E-state index >= 15 is 0 Å². The predicted molar refractivity (Wildman–Crippen MR) is 93.2 cm³/mol. The summed E-state index contributed by atoms with van der Waals surface area (Å²) in [5.74, 6) is 2.30. The number of methoxy groups -OCH3 is 1. The Hall–Kier alpha value is -3.11. The molecule has 24 heavy (non-hydrogen) atoms. The van der Waals surface area contributed by atoms with E-state index in [0.29, 0.717) is 11.0 Å². The number of carbonyl (C=O) groups is 1. The highest BCUT2D eigenvalue weighted by Gasteiger charge is 2.16. The molecule has 1 aromatic carbocycles. The summed E-state index contributed by atoms with van der Waals surface area (Å²) in [6, 6.07) is 7.00. The molecule has 0 unspecified atom stereocenters. The van der Waals surface area contributed by atoms with Crippen LogP contribution in [-0.4, -0.2) is 35.6 Å². The lowest BCUT2D eigenvalue weighted by atomic mass is 10.3. The third kappa shape index (κ3) is 4.69. The summed E-state index contributed by atoms with van der Waals surface area (Å²) in [7, 11) is 1.26. The van der Waals surface area contributed by atoms with Gasteiger partial charge in [0.25, 0.3) is 0 Å². The Morgan fingerprint density at radius 3 is 2.67 bits per heavy atom. The van der Waals surface area contributed by atoms with E-state index in [9.17, 15) is 4.79 Å². The summed E-state index contributed by atoms with van der Waals surface area (Å²) in [6.07, 6.45) is 8.08. The van der Waals surface area contributed by atoms with Crippen LogP contribution in [0, 0.1) is 12.3 Å². The number of guanidine groups is 1. The van der Waals surface area contributed by atoms with Crippen molar-refractivity contribution in [3.8, 4) is 12.3 Å². The summed E-state index contributed by atoms with van der Waals surface area (Å²) >= 11 is 5.86. The lowest BCUT2D eigenvalue weighted by Crippen LogP contribution is -2.25. The molecular weight excluding hydrogens is 330 g/mol. The lowest BCUT2D eigenvalue weighted by Gasteiger charge is -2.13. The number of ether oxygens (including phenoxy) is 1. The molecule has 0 aliphatic heterocycles. The van der Waals surface area contributed by atoms with Crippen molar-refractivity contribution in [1.29, 1.82) is 0 Å². The van der Waals surface area contributed by atoms with E-state index < -0.39 is 5.97 Å². The van der Waals surface area contributed by atoms with Crippen LogP contribution < -0.4 is 10.6 Å². The van der Waals surface area contributed by atoms with Gasteiger partial charge < -0.3 is 15.4 Å². The third-order valence-corrected chi connectivity index (χ3v) is 3.00. The Labute approximate surface area is 144 Å². The Morgan fingerprint density at radius 2 is 2.00 bits per heavy atom. The van der Waals surface area contributed by atoms with Gasteiger partial charge in [-0.1, -0.05) is 17.5 Å². The Balaban J connectivity index is 2.25. The first kappa shape index (κ1) is 17.2. The Kier molecular flexibility index (Phi) is 6.11. The van der Waals surface area contributed by atoms with Crippen LogP contribution in [0.25, 0.3) is 0 Å². The summed E-state index contributed by atoms with van der Waals surface area (Å²) in [5, 5.41) is 6.54. The maximum atomic E-state index is 11.8. The van der Waals surface area contributed by atoms with E-state index in [1.807, 2.05) is 0 Å². The van der Waals surface area contributed by atoms with Gasteiger partial charge in [0, 0.05) is 23.1 Å². The van der Waals surface area contributed by atoms with Crippen molar-refractivity contribution in [3.05, 3.63) is 47.4 Å². The minimum Gasteiger partial charge on any atom is -0.464 e. The molecule has 1 heterocycles. The van der Waals surface area contributed by atoms with E-state index in [2.05, 4.69) is 36.3 Å². The number of esters is 1. The molecule has 1 aromatic heterocycles. The van der Waals surface area contributed by atoms with Crippen molar-refractivity contribution < 1.29 is 9.53 Å². The fraction of sp³-hybridized carbons (Fsp3) is 0.125. The van der Waals surface area contributed by atoms with Crippen molar-refractivity contribution in [2.24, 2.45) is 4.99 Å². The van der Waals surface area contributed by atoms with Crippen molar-refractivity contribution in [1.82, 2.24) is 9.97 Å². The molecule has 0 aliphatic carbocycles. The summed E-state index contributed by atoms with van der Waals surface area (Å²) in [4.78, 5) is 24.0. The number of aliphatic imine (C=N–C) groups is 1. The molecule has 0 bridgehead atoms. The fourth-order valence-corrected chi connectivity index (χ4v) is 1.82. The standard InChI is InChI=1S/C16H14ClN5O2/c1-3-8-20-16(21-12-6-4-11(17)5-7-12)22-14-13(15(23)24-2)18-9-10-19-14/h1,4-7,9-10H,8H2,2H3,(H2,19,20,21,22). The molecule has 0 spiro atoms. The topological polar surface area (TPSA) is 88.5 Å². The normalized spacial score (nSPS) is 10.6. The van der Waals surface area contributed by atoms with E-state index in [0.717, 1.165) is 5.69 Å². The second-order valence-corrected chi connectivity index (χ2v) is 4.81. The zero-order valence-electron chi connectivity index (χ0n) is 12.8. The van der Waals surface area contributed by atoms with Gasteiger partial charge in [-0.2, -0.15) is 0 Å². The largest absolute Gasteiger partial charge is 0.464 e. The highest BCUT2D eigenvalue weighted by Crippen LogP contribution is 2.15. The van der Waals surface area contributed by atoms with Gasteiger partial charge in [-0.05, 0) is 24.3 Å². The molecule has 2 N–H and O–H groups in total. The van der Waals surface area contributed by atoms with E-state index in [1.54, 1.807) is 24.3 Å². The SMILES string of the molecule is C#CCN=C(Nc1ccc(Cl)cc1)Nc1nccnc1C(=O)OC. The minimum absolute atomic E-state index is 0.0336. The van der Waals surface area contributed by atoms with Gasteiger partial charge >= 0.3 is 5.97 Å². The van der Waals surface area contributed by atoms with Crippen molar-refractivity contribution in [3.63, 3.8) is 0 Å². The van der Waals surface area contributed by atoms with Crippen LogP contribution in [0.2, 0.25) is 5.02 Å². The third-order valence-electron chi connectivity index (χ3n) is 2.75. The van der Waals surface area contributed by atoms with Crippen LogP contribution >= 0.6 is 11.6 Å². The van der Waals surface area contributed by atoms with E-state index in [4.69, 9.17) is 18.0 Å². The second-order valence-electron chi connectivity index (χ2n) is 4.37. The molecule has 2 rings (SSSR count). The Bertz CT molecular complexity index is 784. The smallest absolute Gasteiger partial charge is 0.360 e. The number of benzene rings is 1. The summed E-state index contributed by atoms with van der Waals surface area (Å²) < 4.78 is 4.68. The van der Waals surface area contributed by atoms with Crippen molar-refractivity contribution in [2.75, 3.05) is 24.3 Å². The molecule has 0 aliphatic rings. The molecule has 0 fully saturated rings. The average Bonchev–Trinajstić information content (AvgIpc) is 2.61. The number of aromatic nitrogens is 2. The zero-order chi connectivity index (χ0) is 17.4. The van der Waals surface area contributed by atoms with Gasteiger partial charge in [0.05, 0.1) is 7.11 Å². The average molecular weight is 344 g/mol. The van der Waals surface area contributed by atoms with E-state index in [1.165, 1.54) is 19.5 Å². The number of nitrogens with zero attached hydrogens (tertiary/aromatic N) is 3. The first-order valence-corrected chi connectivity index (χ1v) is 7.18. The van der Waals surface area contributed by atoms with Crippen LogP contribution in [0.1, 0.15) is 10.5 Å². The van der Waals surface area contributed by atoms with Gasteiger partial charge in [-0.15, -0.1) is 6.42 Å². The van der Waals surface area contributed by atoms with Gasteiger partial charge in [0.2, 0.25) is 5.96 Å². The maximum absolute atomic E-state index is 11.8. The van der Waals surface area contributed by atoms with Gasteiger partial charge in [-0.3, -0.25) is 0 Å². The quantitative estimate of drug-likeness (QED) is 0.383. The molecule has 0 radical (unpaired) electrons. The molecule has 2 aromatic rings. The number of terminal acetylenes is 1. The van der Waals surface area contributed by atoms with Crippen LogP contribution in [0.3, 0.4) is 0 Å². The molecule has 0 saturated heterocycles. The number of anilines is 2. The molecule has 8 heteroatoms. The molecule has 0 amide bonds. The fourth-order valence-electron chi connectivity index (χ4n) is 1.69. The first-order chi connectivity index (χ1) is 11.6. The van der Waals surface area contributed by atoms with Crippen LogP contribution in [0.15, 0.2) is 41.7 Å². The lowest BCUT2D eigenvalue weighted by molar-refractivity contribution is 0.0595. The highest BCUT2D eigenvalue weighted by atomic mass is 35.5.